The summed E-state index contributed by atoms with van der Waals surface area (Å²) in [5.41, 5.74) is 4.10. The van der Waals surface area contributed by atoms with Crippen LogP contribution in [0, 0.1) is 17.0 Å². The average molecular weight is 449 g/mol. The normalized spacial score (nSPS) is 15.3. The van der Waals surface area contributed by atoms with Crippen LogP contribution in [-0.4, -0.2) is 27.5 Å². The first-order chi connectivity index (χ1) is 15.4. The quantitative estimate of drug-likeness (QED) is 0.347. The van der Waals surface area contributed by atoms with Crippen molar-refractivity contribution in [3.05, 3.63) is 80.6 Å². The van der Waals surface area contributed by atoms with Crippen molar-refractivity contribution in [3.8, 4) is 5.69 Å². The third-order valence-electron chi connectivity index (χ3n) is 5.33. The van der Waals surface area contributed by atoms with Gasteiger partial charge in [-0.05, 0) is 30.7 Å². The highest BCUT2D eigenvalue weighted by Gasteiger charge is 2.30. The van der Waals surface area contributed by atoms with Gasteiger partial charge in [-0.2, -0.15) is 0 Å². The van der Waals surface area contributed by atoms with Crippen molar-refractivity contribution < 1.29 is 14.5 Å². The highest BCUT2D eigenvalue weighted by molar-refractivity contribution is 7.21. The lowest BCUT2D eigenvalue weighted by Gasteiger charge is -2.26. The molecule has 1 atom stereocenters. The van der Waals surface area contributed by atoms with Crippen molar-refractivity contribution in [2.24, 2.45) is 0 Å². The molecule has 0 saturated carbocycles. The van der Waals surface area contributed by atoms with Crippen molar-refractivity contribution in [3.63, 3.8) is 0 Å². The number of non-ortho nitro benzene ring substituents is 1. The third kappa shape index (κ3) is 3.39. The number of benzene rings is 1. The number of carbonyl (C=O) groups excluding carboxylic acids is 1. The molecule has 32 heavy (non-hydrogen) atoms. The number of pyridine rings is 1. The van der Waals surface area contributed by atoms with E-state index < -0.39 is 11.1 Å². The van der Waals surface area contributed by atoms with Gasteiger partial charge in [0.1, 0.15) is 15.9 Å². The molecule has 162 valence electrons. The van der Waals surface area contributed by atoms with Crippen LogP contribution in [0.15, 0.2) is 48.8 Å². The fraction of sp³-hybridized carbons (Fsp3) is 0.182. The zero-order chi connectivity index (χ0) is 22.4. The first-order valence-electron chi connectivity index (χ1n) is 9.86. The van der Waals surface area contributed by atoms with Crippen LogP contribution in [0.5, 0.6) is 0 Å². The number of nitro benzene ring substituents is 1. The van der Waals surface area contributed by atoms with Crippen molar-refractivity contribution in [2.45, 2.75) is 19.7 Å². The Labute approximate surface area is 186 Å². The van der Waals surface area contributed by atoms with Crippen LogP contribution in [0.1, 0.15) is 32.7 Å². The second-order valence-corrected chi connectivity index (χ2v) is 8.52. The fourth-order valence-corrected chi connectivity index (χ4v) is 5.07. The molecule has 0 saturated heterocycles. The first kappa shape index (κ1) is 20.2. The molecule has 2 N–H and O–H groups in total. The van der Waals surface area contributed by atoms with E-state index in [9.17, 15) is 14.9 Å². The summed E-state index contributed by atoms with van der Waals surface area (Å²) in [6.45, 7) is 2.34. The molecule has 4 aromatic rings. The van der Waals surface area contributed by atoms with Gasteiger partial charge in [0, 0.05) is 48.3 Å². The Kier molecular flexibility index (Phi) is 4.87. The molecule has 10 heteroatoms. The molecule has 0 aliphatic carbocycles. The van der Waals surface area contributed by atoms with Gasteiger partial charge in [-0.25, -0.2) is 4.98 Å². The van der Waals surface area contributed by atoms with E-state index in [-0.39, 0.29) is 11.6 Å². The SMILES string of the molecule is COCc1cc(C)nc2sc3c(c12)N[C@@H](c1ccn(-c2cccc([N+](=O)[O-])c2)c1)NC3=O. The van der Waals surface area contributed by atoms with Gasteiger partial charge in [0.15, 0.2) is 0 Å². The van der Waals surface area contributed by atoms with E-state index in [1.54, 1.807) is 23.8 Å². The van der Waals surface area contributed by atoms with E-state index in [0.717, 1.165) is 32.7 Å². The average Bonchev–Trinajstić information content (AvgIpc) is 3.39. The van der Waals surface area contributed by atoms with Gasteiger partial charge in [-0.3, -0.25) is 14.9 Å². The number of aromatic nitrogens is 2. The number of nitrogens with one attached hydrogen (secondary N) is 2. The molecular weight excluding hydrogens is 430 g/mol. The van der Waals surface area contributed by atoms with E-state index in [2.05, 4.69) is 15.6 Å². The summed E-state index contributed by atoms with van der Waals surface area (Å²) < 4.78 is 7.16. The van der Waals surface area contributed by atoms with Gasteiger partial charge in [0.05, 0.1) is 22.9 Å². The topological polar surface area (TPSA) is 111 Å². The summed E-state index contributed by atoms with van der Waals surface area (Å²) >= 11 is 1.36. The molecule has 1 aliphatic heterocycles. The summed E-state index contributed by atoms with van der Waals surface area (Å²) in [7, 11) is 1.64. The fourth-order valence-electron chi connectivity index (χ4n) is 3.93. The minimum absolute atomic E-state index is 0.0182. The lowest BCUT2D eigenvalue weighted by Crippen LogP contribution is -2.37. The number of ether oxygens (including phenoxy) is 1. The Morgan fingerprint density at radius 1 is 1.28 bits per heavy atom. The smallest absolute Gasteiger partial charge is 0.271 e. The van der Waals surface area contributed by atoms with Crippen LogP contribution in [0.2, 0.25) is 0 Å². The molecule has 5 rings (SSSR count). The van der Waals surface area contributed by atoms with Crippen molar-refractivity contribution in [1.29, 1.82) is 0 Å². The number of carbonyl (C=O) groups is 1. The summed E-state index contributed by atoms with van der Waals surface area (Å²) in [5, 5.41) is 18.4. The number of hydrogen-bond donors (Lipinski definition) is 2. The van der Waals surface area contributed by atoms with Crippen LogP contribution >= 0.6 is 11.3 Å². The number of thiophene rings is 1. The minimum atomic E-state index is -0.454. The number of amides is 1. The standard InChI is InChI=1S/C22H19N5O4S/c1-12-8-14(11-31-2)17-18-19(32-22(17)23-12)21(28)25-20(24-18)13-6-7-26(10-13)15-4-3-5-16(9-15)27(29)30/h3-10,20,24H,11H2,1-2H3,(H,25,28)/t20-/m1/s1. The maximum atomic E-state index is 12.9. The van der Waals surface area contributed by atoms with Gasteiger partial charge in [-0.1, -0.05) is 6.07 Å². The number of rotatable bonds is 5. The van der Waals surface area contributed by atoms with Gasteiger partial charge < -0.3 is 19.9 Å². The van der Waals surface area contributed by atoms with Crippen molar-refractivity contribution in [2.75, 3.05) is 12.4 Å². The number of methoxy groups -OCH3 is 1. The van der Waals surface area contributed by atoms with E-state index in [1.807, 2.05) is 31.5 Å². The third-order valence-corrected chi connectivity index (χ3v) is 6.41. The molecule has 1 amide bonds. The van der Waals surface area contributed by atoms with Crippen molar-refractivity contribution >= 4 is 38.8 Å². The molecule has 0 fully saturated rings. The number of fused-ring (bicyclic) bond motifs is 3. The molecule has 4 heterocycles. The molecule has 1 aliphatic rings. The Morgan fingerprint density at radius 2 is 2.12 bits per heavy atom. The molecular formula is C22H19N5O4S. The van der Waals surface area contributed by atoms with E-state index in [4.69, 9.17) is 4.74 Å². The maximum Gasteiger partial charge on any atom is 0.271 e. The Bertz CT molecular complexity index is 1380. The van der Waals surface area contributed by atoms with Crippen LogP contribution in [0.4, 0.5) is 11.4 Å². The van der Waals surface area contributed by atoms with Crippen LogP contribution in [0.25, 0.3) is 15.9 Å². The molecule has 0 spiro atoms. The highest BCUT2D eigenvalue weighted by atomic mass is 32.1. The Hall–Kier alpha value is -3.76. The van der Waals surface area contributed by atoms with Gasteiger partial charge in [0.2, 0.25) is 0 Å². The second-order valence-electron chi connectivity index (χ2n) is 7.52. The molecule has 0 bridgehead atoms. The predicted octanol–water partition coefficient (Wildman–Crippen LogP) is 4.30. The van der Waals surface area contributed by atoms with E-state index in [0.29, 0.717) is 17.2 Å². The van der Waals surface area contributed by atoms with Crippen LogP contribution < -0.4 is 10.6 Å². The zero-order valence-electron chi connectivity index (χ0n) is 17.3. The predicted molar refractivity (Wildman–Crippen MR) is 121 cm³/mol. The summed E-state index contributed by atoms with van der Waals surface area (Å²) in [4.78, 5) is 29.6. The number of hydrogen-bond acceptors (Lipinski definition) is 7. The zero-order valence-corrected chi connectivity index (χ0v) is 18.1. The van der Waals surface area contributed by atoms with Crippen molar-refractivity contribution in [1.82, 2.24) is 14.9 Å². The second kappa shape index (κ2) is 7.74. The first-order valence-corrected chi connectivity index (χ1v) is 10.7. The van der Waals surface area contributed by atoms with E-state index in [1.165, 1.54) is 23.5 Å². The lowest BCUT2D eigenvalue weighted by molar-refractivity contribution is -0.384. The highest BCUT2D eigenvalue weighted by Crippen LogP contribution is 2.41. The number of nitrogens with zero attached hydrogens (tertiary/aromatic N) is 3. The number of anilines is 1. The summed E-state index contributed by atoms with van der Waals surface area (Å²) in [6.07, 6.45) is 3.20. The molecule has 1 aromatic carbocycles. The minimum Gasteiger partial charge on any atom is -0.380 e. The van der Waals surface area contributed by atoms with Gasteiger partial charge >= 0.3 is 0 Å². The van der Waals surface area contributed by atoms with Gasteiger partial charge in [0.25, 0.3) is 11.6 Å². The Balaban J connectivity index is 1.52. The molecule has 9 nitrogen and oxygen atoms in total. The lowest BCUT2D eigenvalue weighted by atomic mass is 10.1. The number of nitro groups is 1. The van der Waals surface area contributed by atoms with Crippen LogP contribution in [0.3, 0.4) is 0 Å². The molecule has 3 aromatic heterocycles. The maximum absolute atomic E-state index is 12.9. The summed E-state index contributed by atoms with van der Waals surface area (Å²) in [5.74, 6) is -0.170. The van der Waals surface area contributed by atoms with E-state index >= 15 is 0 Å². The van der Waals surface area contributed by atoms with Crippen LogP contribution in [-0.2, 0) is 11.3 Å². The van der Waals surface area contributed by atoms with Gasteiger partial charge in [-0.15, -0.1) is 11.3 Å². The summed E-state index contributed by atoms with van der Waals surface area (Å²) in [6, 6.07) is 10.2. The molecule has 0 unspecified atom stereocenters. The monoisotopic (exact) mass is 449 g/mol. The molecule has 0 radical (unpaired) electrons. The Morgan fingerprint density at radius 3 is 2.91 bits per heavy atom. The largest absolute Gasteiger partial charge is 0.380 e. The number of aryl methyl sites for hydroxylation is 1.